The van der Waals surface area contributed by atoms with Gasteiger partial charge in [-0.3, -0.25) is 0 Å². The van der Waals surface area contributed by atoms with E-state index in [9.17, 15) is 9.90 Å². The van der Waals surface area contributed by atoms with Crippen LogP contribution in [0.2, 0.25) is 0 Å². The molecule has 4 bridgehead atoms. The number of hydrogen-bond donors (Lipinski definition) is 1. The molecule has 0 amide bonds. The molecule has 0 aromatic carbocycles. The van der Waals surface area contributed by atoms with Crippen molar-refractivity contribution in [1.82, 2.24) is 9.55 Å². The van der Waals surface area contributed by atoms with Gasteiger partial charge in [0.15, 0.2) is 0 Å². The van der Waals surface area contributed by atoms with Crippen molar-refractivity contribution in [3.63, 3.8) is 0 Å². The molecule has 4 heteroatoms. The third kappa shape index (κ3) is 1.66. The predicted octanol–water partition coefficient (Wildman–Crippen LogP) is 3.03. The van der Waals surface area contributed by atoms with Crippen molar-refractivity contribution in [3.05, 3.63) is 18.2 Å². The SMILES string of the molecule is Cc1nccn1C(C(=O)O)C12CC3CC(CC(C3)C1)C2. The lowest BCUT2D eigenvalue weighted by atomic mass is 9.47. The van der Waals surface area contributed by atoms with Gasteiger partial charge >= 0.3 is 5.97 Å². The molecule has 5 rings (SSSR count). The van der Waals surface area contributed by atoms with E-state index in [0.717, 1.165) is 42.8 Å². The molecule has 1 aromatic rings. The molecule has 0 saturated heterocycles. The molecule has 1 N–H and O–H groups in total. The highest BCUT2D eigenvalue weighted by Crippen LogP contribution is 2.63. The van der Waals surface area contributed by atoms with E-state index in [1.807, 2.05) is 17.7 Å². The number of rotatable bonds is 3. The summed E-state index contributed by atoms with van der Waals surface area (Å²) in [4.78, 5) is 16.3. The molecule has 4 aliphatic carbocycles. The molecule has 1 heterocycles. The van der Waals surface area contributed by atoms with Gasteiger partial charge in [0.1, 0.15) is 11.9 Å². The van der Waals surface area contributed by atoms with Crippen molar-refractivity contribution < 1.29 is 9.90 Å². The van der Waals surface area contributed by atoms with Crippen LogP contribution in [-0.4, -0.2) is 20.6 Å². The van der Waals surface area contributed by atoms with Crippen molar-refractivity contribution in [1.29, 1.82) is 0 Å². The molecule has 1 unspecified atom stereocenters. The predicted molar refractivity (Wildman–Crippen MR) is 74.2 cm³/mol. The highest BCUT2D eigenvalue weighted by molar-refractivity contribution is 5.73. The standard InChI is InChI=1S/C16H22N2O2/c1-10-17-2-3-18(10)14(15(19)20)16-7-11-4-12(8-16)6-13(5-11)9-16/h2-3,11-14H,4-9H2,1H3,(H,19,20). The maximum Gasteiger partial charge on any atom is 0.327 e. The van der Waals surface area contributed by atoms with Gasteiger partial charge in [0.05, 0.1) is 0 Å². The molecule has 1 atom stereocenters. The molecule has 20 heavy (non-hydrogen) atoms. The molecule has 4 saturated carbocycles. The van der Waals surface area contributed by atoms with Crippen LogP contribution in [0.4, 0.5) is 0 Å². The molecular weight excluding hydrogens is 252 g/mol. The molecule has 4 aliphatic rings. The number of aliphatic carboxylic acids is 1. The zero-order chi connectivity index (χ0) is 13.9. The Balaban J connectivity index is 1.77. The Morgan fingerprint density at radius 2 is 1.85 bits per heavy atom. The summed E-state index contributed by atoms with van der Waals surface area (Å²) >= 11 is 0. The average molecular weight is 274 g/mol. The Morgan fingerprint density at radius 3 is 2.25 bits per heavy atom. The van der Waals surface area contributed by atoms with Gasteiger partial charge in [-0.1, -0.05) is 0 Å². The first-order valence-corrected chi connectivity index (χ1v) is 7.80. The van der Waals surface area contributed by atoms with E-state index in [4.69, 9.17) is 0 Å². The molecule has 108 valence electrons. The van der Waals surface area contributed by atoms with Gasteiger partial charge in [-0.2, -0.15) is 0 Å². The number of carbonyl (C=O) groups is 1. The Kier molecular flexibility index (Phi) is 2.54. The minimum absolute atomic E-state index is 0.0218. The summed E-state index contributed by atoms with van der Waals surface area (Å²) in [6.45, 7) is 1.91. The lowest BCUT2D eigenvalue weighted by molar-refractivity contribution is -0.155. The second-order valence-electron chi connectivity index (χ2n) is 7.40. The van der Waals surface area contributed by atoms with E-state index in [1.165, 1.54) is 19.3 Å². The summed E-state index contributed by atoms with van der Waals surface area (Å²) < 4.78 is 1.91. The van der Waals surface area contributed by atoms with Crippen molar-refractivity contribution in [2.75, 3.05) is 0 Å². The van der Waals surface area contributed by atoms with E-state index >= 15 is 0 Å². The zero-order valence-corrected chi connectivity index (χ0v) is 12.0. The van der Waals surface area contributed by atoms with E-state index in [0.29, 0.717) is 0 Å². The Bertz CT molecular complexity index is 513. The first-order valence-electron chi connectivity index (χ1n) is 7.80. The molecule has 1 aromatic heterocycles. The van der Waals surface area contributed by atoms with Gasteiger partial charge in [-0.15, -0.1) is 0 Å². The summed E-state index contributed by atoms with van der Waals surface area (Å²) in [6, 6.07) is -0.418. The second kappa shape index (κ2) is 4.09. The maximum atomic E-state index is 12.0. The van der Waals surface area contributed by atoms with Crippen LogP contribution in [0.3, 0.4) is 0 Å². The lowest BCUT2D eigenvalue weighted by Gasteiger charge is -2.58. The Labute approximate surface area is 119 Å². The summed E-state index contributed by atoms with van der Waals surface area (Å²) in [6.07, 6.45) is 10.9. The number of carboxylic acids is 1. The monoisotopic (exact) mass is 274 g/mol. The van der Waals surface area contributed by atoms with Crippen LogP contribution in [0.15, 0.2) is 12.4 Å². The van der Waals surface area contributed by atoms with Crippen LogP contribution in [0.5, 0.6) is 0 Å². The largest absolute Gasteiger partial charge is 0.480 e. The number of imidazole rings is 1. The third-order valence-electron chi connectivity index (χ3n) is 6.04. The molecule has 0 aliphatic heterocycles. The summed E-state index contributed by atoms with van der Waals surface area (Å²) in [5.74, 6) is 2.46. The van der Waals surface area contributed by atoms with Crippen LogP contribution in [0.25, 0.3) is 0 Å². The van der Waals surface area contributed by atoms with Crippen LogP contribution < -0.4 is 0 Å². The second-order valence-corrected chi connectivity index (χ2v) is 7.40. The zero-order valence-electron chi connectivity index (χ0n) is 12.0. The van der Waals surface area contributed by atoms with Crippen molar-refractivity contribution in [2.24, 2.45) is 23.2 Å². The van der Waals surface area contributed by atoms with Gasteiger partial charge in [0.25, 0.3) is 0 Å². The Hall–Kier alpha value is -1.32. The van der Waals surface area contributed by atoms with Crippen LogP contribution >= 0.6 is 0 Å². The van der Waals surface area contributed by atoms with Gasteiger partial charge in [0.2, 0.25) is 0 Å². The number of carboxylic acid groups (broad SMARTS) is 1. The minimum Gasteiger partial charge on any atom is -0.480 e. The quantitative estimate of drug-likeness (QED) is 0.921. The highest BCUT2D eigenvalue weighted by atomic mass is 16.4. The molecule has 0 spiro atoms. The lowest BCUT2D eigenvalue weighted by Crippen LogP contribution is -2.52. The number of hydrogen-bond acceptors (Lipinski definition) is 2. The fraction of sp³-hybridized carbons (Fsp3) is 0.750. The third-order valence-corrected chi connectivity index (χ3v) is 6.04. The average Bonchev–Trinajstić information content (AvgIpc) is 2.73. The van der Waals surface area contributed by atoms with Crippen LogP contribution in [-0.2, 0) is 4.79 Å². The van der Waals surface area contributed by atoms with E-state index < -0.39 is 12.0 Å². The van der Waals surface area contributed by atoms with Gasteiger partial charge < -0.3 is 9.67 Å². The highest BCUT2D eigenvalue weighted by Gasteiger charge is 2.56. The summed E-state index contributed by atoms with van der Waals surface area (Å²) in [5, 5.41) is 9.88. The van der Waals surface area contributed by atoms with Crippen LogP contribution in [0.1, 0.15) is 50.4 Å². The van der Waals surface area contributed by atoms with E-state index in [1.54, 1.807) is 6.20 Å². The molecule has 4 fully saturated rings. The fourth-order valence-electron chi connectivity index (χ4n) is 5.85. The molecule has 0 radical (unpaired) electrons. The fourth-order valence-corrected chi connectivity index (χ4v) is 5.85. The number of aromatic nitrogens is 2. The molecular formula is C16H22N2O2. The smallest absolute Gasteiger partial charge is 0.327 e. The topological polar surface area (TPSA) is 55.1 Å². The minimum atomic E-state index is -0.673. The summed E-state index contributed by atoms with van der Waals surface area (Å²) in [7, 11) is 0. The van der Waals surface area contributed by atoms with Gasteiger partial charge in [0, 0.05) is 17.8 Å². The van der Waals surface area contributed by atoms with E-state index in [-0.39, 0.29) is 5.41 Å². The van der Waals surface area contributed by atoms with Gasteiger partial charge in [-0.05, 0) is 63.2 Å². The van der Waals surface area contributed by atoms with Crippen LogP contribution in [0, 0.1) is 30.1 Å². The molecule has 4 nitrogen and oxygen atoms in total. The Morgan fingerprint density at radius 1 is 1.30 bits per heavy atom. The number of nitrogens with zero attached hydrogens (tertiary/aromatic N) is 2. The first kappa shape index (κ1) is 12.4. The van der Waals surface area contributed by atoms with Crippen molar-refractivity contribution >= 4 is 5.97 Å². The van der Waals surface area contributed by atoms with Crippen molar-refractivity contribution in [2.45, 2.75) is 51.5 Å². The van der Waals surface area contributed by atoms with E-state index in [2.05, 4.69) is 4.98 Å². The maximum absolute atomic E-state index is 12.0. The first-order chi connectivity index (χ1) is 9.57. The summed E-state index contributed by atoms with van der Waals surface area (Å²) in [5.41, 5.74) is -0.0218. The number of aryl methyl sites for hydroxylation is 1. The van der Waals surface area contributed by atoms with Gasteiger partial charge in [-0.25, -0.2) is 9.78 Å². The normalized spacial score (nSPS) is 40.0. The van der Waals surface area contributed by atoms with Crippen molar-refractivity contribution in [3.8, 4) is 0 Å².